The lowest BCUT2D eigenvalue weighted by atomic mass is 10.1. The molecule has 2 N–H and O–H groups in total. The van der Waals surface area contributed by atoms with E-state index in [0.717, 1.165) is 26.7 Å². The number of carbonyl (C=O) groups is 1. The number of nitrogens with zero attached hydrogens (tertiary/aromatic N) is 1. The van der Waals surface area contributed by atoms with Crippen molar-refractivity contribution in [2.75, 3.05) is 21.3 Å². The molecule has 170 valence electrons. The van der Waals surface area contributed by atoms with E-state index in [1.54, 1.807) is 32.7 Å². The van der Waals surface area contributed by atoms with Gasteiger partial charge in [0.05, 0.1) is 39.6 Å². The first kappa shape index (κ1) is 23.7. The van der Waals surface area contributed by atoms with Gasteiger partial charge in [0.1, 0.15) is 5.01 Å². The highest BCUT2D eigenvalue weighted by Gasteiger charge is 2.18. The Balaban J connectivity index is 1.64. The number of methoxy groups -OCH3 is 3. The highest BCUT2D eigenvalue weighted by Crippen LogP contribution is 2.39. The second kappa shape index (κ2) is 10.6. The zero-order chi connectivity index (χ0) is 23.3. The number of aromatic nitrogens is 1. The summed E-state index contributed by atoms with van der Waals surface area (Å²) >= 11 is 7.52. The third kappa shape index (κ3) is 5.44. The largest absolute Gasteiger partial charge is 0.493 e. The summed E-state index contributed by atoms with van der Waals surface area (Å²) in [6, 6.07) is 10.6. The van der Waals surface area contributed by atoms with Crippen LogP contribution in [0, 0.1) is 6.92 Å². The molecule has 32 heavy (non-hydrogen) atoms. The SMILES string of the molecule is COc1cc([C@H](C)NC(=O)NCc2nc(-c3ccc(Cl)cc3)c(C)s2)cc(OC)c1OC. The standard InChI is InChI=1S/C23H26ClN3O4S/c1-13(16-10-18(29-3)22(31-5)19(11-16)30-4)26-23(28)25-12-20-27-21(14(2)32-20)15-6-8-17(24)9-7-15/h6-11,13H,12H2,1-5H3,(H2,25,26,28)/t13-/m0/s1. The van der Waals surface area contributed by atoms with Crippen molar-refractivity contribution in [2.45, 2.75) is 26.4 Å². The van der Waals surface area contributed by atoms with Crippen molar-refractivity contribution >= 4 is 29.0 Å². The molecule has 0 spiro atoms. The van der Waals surface area contributed by atoms with Gasteiger partial charge in [0.25, 0.3) is 0 Å². The number of hydrogen-bond acceptors (Lipinski definition) is 6. The number of urea groups is 1. The molecule has 0 aliphatic rings. The van der Waals surface area contributed by atoms with Crippen molar-refractivity contribution in [3.8, 4) is 28.5 Å². The van der Waals surface area contributed by atoms with Crippen LogP contribution in [0.3, 0.4) is 0 Å². The lowest BCUT2D eigenvalue weighted by Gasteiger charge is -2.19. The van der Waals surface area contributed by atoms with Gasteiger partial charge in [-0.2, -0.15) is 0 Å². The number of halogens is 1. The maximum absolute atomic E-state index is 12.5. The van der Waals surface area contributed by atoms with Gasteiger partial charge in [-0.15, -0.1) is 11.3 Å². The Bertz CT molecular complexity index is 1060. The lowest BCUT2D eigenvalue weighted by molar-refractivity contribution is 0.237. The second-order valence-corrected chi connectivity index (χ2v) is 8.75. The summed E-state index contributed by atoms with van der Waals surface area (Å²) in [7, 11) is 4.66. The number of aryl methyl sites for hydroxylation is 1. The fraction of sp³-hybridized carbons (Fsp3) is 0.304. The fourth-order valence-corrected chi connectivity index (χ4v) is 4.26. The number of benzene rings is 2. The minimum Gasteiger partial charge on any atom is -0.493 e. The van der Waals surface area contributed by atoms with Gasteiger partial charge in [0, 0.05) is 15.5 Å². The minimum absolute atomic E-state index is 0.286. The maximum Gasteiger partial charge on any atom is 0.315 e. The molecule has 2 aromatic carbocycles. The molecule has 0 fully saturated rings. The Labute approximate surface area is 196 Å². The number of hydrogen-bond donors (Lipinski definition) is 2. The fourth-order valence-electron chi connectivity index (χ4n) is 3.24. The van der Waals surface area contributed by atoms with Crippen molar-refractivity contribution in [3.63, 3.8) is 0 Å². The summed E-state index contributed by atoms with van der Waals surface area (Å²) in [5.41, 5.74) is 2.72. The highest BCUT2D eigenvalue weighted by molar-refractivity contribution is 7.12. The van der Waals surface area contributed by atoms with Crippen LogP contribution < -0.4 is 24.8 Å². The lowest BCUT2D eigenvalue weighted by Crippen LogP contribution is -2.36. The van der Waals surface area contributed by atoms with Crippen LogP contribution in [0.15, 0.2) is 36.4 Å². The Morgan fingerprint density at radius 3 is 2.28 bits per heavy atom. The van der Waals surface area contributed by atoms with Crippen molar-refractivity contribution in [3.05, 3.63) is 56.9 Å². The van der Waals surface area contributed by atoms with Gasteiger partial charge < -0.3 is 24.8 Å². The van der Waals surface area contributed by atoms with Gasteiger partial charge in [-0.05, 0) is 43.7 Å². The van der Waals surface area contributed by atoms with Gasteiger partial charge in [0.15, 0.2) is 11.5 Å². The van der Waals surface area contributed by atoms with Crippen LogP contribution in [0.4, 0.5) is 4.79 Å². The van der Waals surface area contributed by atoms with Gasteiger partial charge >= 0.3 is 6.03 Å². The molecule has 0 bridgehead atoms. The average Bonchev–Trinajstić information content (AvgIpc) is 3.17. The molecule has 0 saturated heterocycles. The molecule has 0 aliphatic heterocycles. The average molecular weight is 476 g/mol. The van der Waals surface area contributed by atoms with E-state index in [1.165, 1.54) is 0 Å². The van der Waals surface area contributed by atoms with Crippen LogP contribution in [0.2, 0.25) is 5.02 Å². The normalized spacial score (nSPS) is 11.6. The molecule has 1 aromatic heterocycles. The van der Waals surface area contributed by atoms with Crippen molar-refractivity contribution in [2.24, 2.45) is 0 Å². The van der Waals surface area contributed by atoms with E-state index in [2.05, 4.69) is 15.6 Å². The van der Waals surface area contributed by atoms with Crippen LogP contribution in [-0.2, 0) is 6.54 Å². The number of amides is 2. The number of rotatable bonds is 8. The summed E-state index contributed by atoms with van der Waals surface area (Å²) < 4.78 is 16.1. The molecule has 0 saturated carbocycles. The van der Waals surface area contributed by atoms with E-state index >= 15 is 0 Å². The summed E-state index contributed by atoms with van der Waals surface area (Å²) in [5.74, 6) is 1.57. The smallest absolute Gasteiger partial charge is 0.315 e. The second-order valence-electron chi connectivity index (χ2n) is 7.03. The van der Waals surface area contributed by atoms with E-state index in [4.69, 9.17) is 25.8 Å². The Morgan fingerprint density at radius 2 is 1.72 bits per heavy atom. The quantitative estimate of drug-likeness (QED) is 0.458. The molecule has 1 atom stereocenters. The van der Waals surface area contributed by atoms with Crippen LogP contribution in [0.5, 0.6) is 17.2 Å². The maximum atomic E-state index is 12.5. The number of thiazole rings is 1. The molecular formula is C23H26ClN3O4S. The van der Waals surface area contributed by atoms with Gasteiger partial charge in [-0.3, -0.25) is 0 Å². The number of carbonyl (C=O) groups excluding carboxylic acids is 1. The van der Waals surface area contributed by atoms with E-state index in [-0.39, 0.29) is 12.1 Å². The first-order valence-corrected chi connectivity index (χ1v) is 11.1. The summed E-state index contributed by atoms with van der Waals surface area (Å²) in [6.07, 6.45) is 0. The van der Waals surface area contributed by atoms with Crippen LogP contribution >= 0.6 is 22.9 Å². The predicted molar refractivity (Wildman–Crippen MR) is 127 cm³/mol. The predicted octanol–water partition coefficient (Wildman–Crippen LogP) is 5.36. The molecule has 0 unspecified atom stereocenters. The first-order chi connectivity index (χ1) is 15.4. The third-order valence-electron chi connectivity index (χ3n) is 4.89. The molecular weight excluding hydrogens is 450 g/mol. The molecule has 2 amide bonds. The van der Waals surface area contributed by atoms with Crippen molar-refractivity contribution in [1.82, 2.24) is 15.6 Å². The molecule has 0 aliphatic carbocycles. The van der Waals surface area contributed by atoms with E-state index in [9.17, 15) is 4.79 Å². The Kier molecular flexibility index (Phi) is 7.82. The van der Waals surface area contributed by atoms with E-state index in [0.29, 0.717) is 28.8 Å². The summed E-state index contributed by atoms with van der Waals surface area (Å²) in [6.45, 7) is 4.22. The monoisotopic (exact) mass is 475 g/mol. The van der Waals surface area contributed by atoms with Crippen molar-refractivity contribution < 1.29 is 19.0 Å². The van der Waals surface area contributed by atoms with Gasteiger partial charge in [0.2, 0.25) is 5.75 Å². The molecule has 3 rings (SSSR count). The van der Waals surface area contributed by atoms with Crippen LogP contribution in [0.25, 0.3) is 11.3 Å². The van der Waals surface area contributed by atoms with Crippen molar-refractivity contribution in [1.29, 1.82) is 0 Å². The third-order valence-corrected chi connectivity index (χ3v) is 6.12. The van der Waals surface area contributed by atoms with Crippen LogP contribution in [0.1, 0.15) is 28.4 Å². The Morgan fingerprint density at radius 1 is 1.09 bits per heavy atom. The summed E-state index contributed by atoms with van der Waals surface area (Å²) in [4.78, 5) is 18.2. The first-order valence-electron chi connectivity index (χ1n) is 9.92. The highest BCUT2D eigenvalue weighted by atomic mass is 35.5. The number of ether oxygens (including phenoxy) is 3. The topological polar surface area (TPSA) is 81.7 Å². The Hall–Kier alpha value is -2.97. The molecule has 9 heteroatoms. The molecule has 7 nitrogen and oxygen atoms in total. The molecule has 0 radical (unpaired) electrons. The van der Waals surface area contributed by atoms with Gasteiger partial charge in [-0.25, -0.2) is 9.78 Å². The zero-order valence-electron chi connectivity index (χ0n) is 18.6. The van der Waals surface area contributed by atoms with E-state index in [1.807, 2.05) is 50.2 Å². The van der Waals surface area contributed by atoms with E-state index < -0.39 is 0 Å². The molecule has 1 heterocycles. The zero-order valence-corrected chi connectivity index (χ0v) is 20.2. The minimum atomic E-state index is -0.299. The summed E-state index contributed by atoms with van der Waals surface area (Å²) in [5, 5.41) is 7.30. The van der Waals surface area contributed by atoms with Crippen LogP contribution in [-0.4, -0.2) is 32.3 Å². The molecule has 3 aromatic rings. The van der Waals surface area contributed by atoms with Gasteiger partial charge in [-0.1, -0.05) is 23.7 Å². The number of nitrogens with one attached hydrogen (secondary N) is 2.